The van der Waals surface area contributed by atoms with E-state index in [9.17, 15) is 14.4 Å². The van der Waals surface area contributed by atoms with Gasteiger partial charge in [-0.1, -0.05) is 0 Å². The molecule has 0 aromatic carbocycles. The molecule has 1 saturated heterocycles. The first-order valence-corrected chi connectivity index (χ1v) is 5.97. The lowest BCUT2D eigenvalue weighted by Crippen LogP contribution is -2.29. The molecule has 0 radical (unpaired) electrons. The van der Waals surface area contributed by atoms with Gasteiger partial charge in [-0.05, 0) is 0 Å². The molecule has 1 aliphatic carbocycles. The second-order valence-electron chi connectivity index (χ2n) is 4.75. The summed E-state index contributed by atoms with van der Waals surface area (Å²) in [6.07, 6.45) is 0.225. The minimum absolute atomic E-state index is 0.0267. The van der Waals surface area contributed by atoms with Crippen molar-refractivity contribution in [1.82, 2.24) is 0 Å². The lowest BCUT2D eigenvalue weighted by Gasteiger charge is -2.21. The smallest absolute Gasteiger partial charge is 0.306 e. The summed E-state index contributed by atoms with van der Waals surface area (Å²) in [6, 6.07) is 0. The van der Waals surface area contributed by atoms with Gasteiger partial charge in [-0.3, -0.25) is 14.4 Å². The monoisotopic (exact) mass is 256 g/mol. The van der Waals surface area contributed by atoms with Gasteiger partial charge < -0.3 is 14.2 Å². The zero-order chi connectivity index (χ0) is 13.3. The Hall–Kier alpha value is -1.59. The van der Waals surface area contributed by atoms with Crippen LogP contribution in [0.1, 0.15) is 26.7 Å². The molecule has 1 saturated carbocycles. The zero-order valence-corrected chi connectivity index (χ0v) is 10.4. The molecule has 6 nitrogen and oxygen atoms in total. The van der Waals surface area contributed by atoms with Crippen molar-refractivity contribution in [3.8, 4) is 0 Å². The lowest BCUT2D eigenvalue weighted by atomic mass is 9.93. The van der Waals surface area contributed by atoms with E-state index in [1.165, 1.54) is 13.8 Å². The van der Waals surface area contributed by atoms with Crippen LogP contribution in [0.4, 0.5) is 0 Å². The Bertz CT molecular complexity index is 377. The highest BCUT2D eigenvalue weighted by Gasteiger charge is 2.51. The maximum atomic E-state index is 11.2. The van der Waals surface area contributed by atoms with Crippen LogP contribution in [-0.2, 0) is 28.6 Å². The minimum Gasteiger partial charge on any atom is -0.465 e. The first-order chi connectivity index (χ1) is 8.47. The molecule has 18 heavy (non-hydrogen) atoms. The highest BCUT2D eigenvalue weighted by molar-refractivity contribution is 5.72. The Kier molecular flexibility index (Phi) is 3.54. The molecule has 0 spiro atoms. The SMILES string of the molecule is CC(=O)OC[C@H]1C(OC(C)=O)C[C@@H]2OC(=O)C[C@@H]21. The van der Waals surface area contributed by atoms with Gasteiger partial charge in [0.1, 0.15) is 12.2 Å². The maximum Gasteiger partial charge on any atom is 0.306 e. The Labute approximate surface area is 105 Å². The number of hydrogen-bond acceptors (Lipinski definition) is 6. The van der Waals surface area contributed by atoms with Crippen LogP contribution in [-0.4, -0.2) is 36.7 Å². The normalized spacial score (nSPS) is 33.8. The molecule has 6 heteroatoms. The van der Waals surface area contributed by atoms with Crippen molar-refractivity contribution in [2.75, 3.05) is 6.61 Å². The van der Waals surface area contributed by atoms with Crippen LogP contribution in [0.2, 0.25) is 0 Å². The van der Waals surface area contributed by atoms with Crippen LogP contribution in [0.5, 0.6) is 0 Å². The molecule has 0 bridgehead atoms. The summed E-state index contributed by atoms with van der Waals surface area (Å²) >= 11 is 0. The number of rotatable bonds is 3. The maximum absolute atomic E-state index is 11.2. The quantitative estimate of drug-likeness (QED) is 0.538. The number of esters is 3. The Morgan fingerprint density at radius 2 is 2.06 bits per heavy atom. The average molecular weight is 256 g/mol. The van der Waals surface area contributed by atoms with E-state index in [0.717, 1.165) is 0 Å². The van der Waals surface area contributed by atoms with Crippen LogP contribution >= 0.6 is 0 Å². The number of ether oxygens (including phenoxy) is 3. The fraction of sp³-hybridized carbons (Fsp3) is 0.750. The van der Waals surface area contributed by atoms with Gasteiger partial charge >= 0.3 is 17.9 Å². The highest BCUT2D eigenvalue weighted by atomic mass is 16.6. The summed E-state index contributed by atoms with van der Waals surface area (Å²) in [5, 5.41) is 0. The lowest BCUT2D eigenvalue weighted by molar-refractivity contribution is -0.152. The van der Waals surface area contributed by atoms with Crippen LogP contribution in [0.25, 0.3) is 0 Å². The highest BCUT2D eigenvalue weighted by Crippen LogP contribution is 2.42. The second kappa shape index (κ2) is 4.96. The van der Waals surface area contributed by atoms with Crippen LogP contribution in [0, 0.1) is 11.8 Å². The van der Waals surface area contributed by atoms with Crippen molar-refractivity contribution < 1.29 is 28.6 Å². The summed E-state index contributed by atoms with van der Waals surface area (Å²) in [5.74, 6) is -1.18. The third-order valence-electron chi connectivity index (χ3n) is 3.45. The third-order valence-corrected chi connectivity index (χ3v) is 3.45. The number of carbonyl (C=O) groups is 3. The first kappa shape index (κ1) is 12.9. The molecule has 100 valence electrons. The van der Waals surface area contributed by atoms with Crippen LogP contribution in [0.15, 0.2) is 0 Å². The molecule has 2 fully saturated rings. The number of hydrogen-bond donors (Lipinski definition) is 0. The van der Waals surface area contributed by atoms with E-state index in [4.69, 9.17) is 14.2 Å². The Balaban J connectivity index is 2.04. The van der Waals surface area contributed by atoms with Crippen molar-refractivity contribution in [3.05, 3.63) is 0 Å². The van der Waals surface area contributed by atoms with E-state index in [0.29, 0.717) is 12.8 Å². The minimum atomic E-state index is -0.384. The van der Waals surface area contributed by atoms with Gasteiger partial charge in [0.15, 0.2) is 0 Å². The van der Waals surface area contributed by atoms with Crippen molar-refractivity contribution >= 4 is 17.9 Å². The van der Waals surface area contributed by atoms with Crippen molar-refractivity contribution in [3.63, 3.8) is 0 Å². The molecule has 0 aromatic heterocycles. The predicted octanol–water partition coefficient (Wildman–Crippen LogP) is 0.433. The van der Waals surface area contributed by atoms with Gasteiger partial charge in [-0.2, -0.15) is 0 Å². The molecule has 0 N–H and O–H groups in total. The van der Waals surface area contributed by atoms with E-state index in [2.05, 4.69) is 0 Å². The molecule has 1 aliphatic heterocycles. The van der Waals surface area contributed by atoms with Crippen LogP contribution < -0.4 is 0 Å². The van der Waals surface area contributed by atoms with Gasteiger partial charge in [-0.25, -0.2) is 0 Å². The van der Waals surface area contributed by atoms with Crippen LogP contribution in [0.3, 0.4) is 0 Å². The average Bonchev–Trinajstić information content (AvgIpc) is 2.70. The van der Waals surface area contributed by atoms with E-state index in [-0.39, 0.29) is 48.6 Å². The molecule has 4 atom stereocenters. The summed E-state index contributed by atoms with van der Waals surface area (Å²) in [4.78, 5) is 33.1. The first-order valence-electron chi connectivity index (χ1n) is 5.97. The fourth-order valence-electron chi connectivity index (χ4n) is 2.75. The molecular weight excluding hydrogens is 240 g/mol. The van der Waals surface area contributed by atoms with Crippen molar-refractivity contribution in [1.29, 1.82) is 0 Å². The van der Waals surface area contributed by atoms with E-state index >= 15 is 0 Å². The van der Waals surface area contributed by atoms with Gasteiger partial charge in [0.05, 0.1) is 13.0 Å². The van der Waals surface area contributed by atoms with E-state index < -0.39 is 0 Å². The van der Waals surface area contributed by atoms with Crippen molar-refractivity contribution in [2.45, 2.75) is 38.9 Å². The summed E-state index contributed by atoms with van der Waals surface area (Å²) in [6.45, 7) is 2.82. The summed E-state index contributed by atoms with van der Waals surface area (Å²) < 4.78 is 15.4. The molecule has 2 rings (SSSR count). The molecular formula is C12H16O6. The standard InChI is InChI=1S/C12H16O6/c1-6(13)16-5-9-8-3-12(15)18-10(8)4-11(9)17-7(2)14/h8-11H,3-5H2,1-2H3/t8-,9-,10+,11?/m1/s1. The summed E-state index contributed by atoms with van der Waals surface area (Å²) in [5.41, 5.74) is 0. The van der Waals surface area contributed by atoms with E-state index in [1.807, 2.05) is 0 Å². The largest absolute Gasteiger partial charge is 0.465 e. The van der Waals surface area contributed by atoms with E-state index in [1.54, 1.807) is 0 Å². The van der Waals surface area contributed by atoms with Gasteiger partial charge in [-0.15, -0.1) is 0 Å². The Morgan fingerprint density at radius 3 is 2.67 bits per heavy atom. The fourth-order valence-corrected chi connectivity index (χ4v) is 2.75. The van der Waals surface area contributed by atoms with Gasteiger partial charge in [0.2, 0.25) is 0 Å². The Morgan fingerprint density at radius 1 is 1.33 bits per heavy atom. The second-order valence-corrected chi connectivity index (χ2v) is 4.75. The molecule has 2 aliphatic rings. The molecule has 0 amide bonds. The van der Waals surface area contributed by atoms with Crippen molar-refractivity contribution in [2.24, 2.45) is 11.8 Å². The number of carbonyl (C=O) groups excluding carboxylic acids is 3. The zero-order valence-electron chi connectivity index (χ0n) is 10.4. The molecule has 0 aromatic rings. The summed E-state index contributed by atoms with van der Waals surface area (Å²) in [7, 11) is 0. The topological polar surface area (TPSA) is 78.9 Å². The molecule has 1 unspecified atom stereocenters. The van der Waals surface area contributed by atoms with Gasteiger partial charge in [0, 0.05) is 32.1 Å². The molecule has 1 heterocycles. The third kappa shape index (κ3) is 2.63. The number of fused-ring (bicyclic) bond motifs is 1. The predicted molar refractivity (Wildman–Crippen MR) is 58.3 cm³/mol. The van der Waals surface area contributed by atoms with Gasteiger partial charge in [0.25, 0.3) is 0 Å².